The Morgan fingerprint density at radius 3 is 2.35 bits per heavy atom. The van der Waals surface area contributed by atoms with Crippen LogP contribution in [0.1, 0.15) is 47.5 Å². The van der Waals surface area contributed by atoms with E-state index in [0.29, 0.717) is 32.1 Å². The number of aliphatic imine (C=N–C) groups is 1. The SMILES string of the molecule is CCNC(=NCCCC(C)C)N1CCN(S(=O)(=O)CCOC(C)C)CC1. The summed E-state index contributed by atoms with van der Waals surface area (Å²) < 4.78 is 31.8. The first-order chi connectivity index (χ1) is 12.3. The third kappa shape index (κ3) is 8.68. The Morgan fingerprint density at radius 2 is 1.81 bits per heavy atom. The highest BCUT2D eigenvalue weighted by atomic mass is 32.2. The number of guanidine groups is 1. The summed E-state index contributed by atoms with van der Waals surface area (Å²) >= 11 is 0. The van der Waals surface area contributed by atoms with Crippen molar-refractivity contribution in [1.29, 1.82) is 0 Å². The summed E-state index contributed by atoms with van der Waals surface area (Å²) in [6.07, 6.45) is 2.31. The Kier molecular flexibility index (Phi) is 10.5. The molecule has 1 N–H and O–H groups in total. The molecule has 0 aliphatic carbocycles. The third-order valence-corrected chi connectivity index (χ3v) is 6.09. The van der Waals surface area contributed by atoms with E-state index in [1.165, 1.54) is 6.42 Å². The van der Waals surface area contributed by atoms with Crippen LogP contribution in [0.15, 0.2) is 4.99 Å². The molecule has 1 saturated heterocycles. The van der Waals surface area contributed by atoms with Crippen LogP contribution in [0, 0.1) is 5.92 Å². The topological polar surface area (TPSA) is 74.2 Å². The Morgan fingerprint density at radius 1 is 1.15 bits per heavy atom. The lowest BCUT2D eigenvalue weighted by Gasteiger charge is -2.36. The van der Waals surface area contributed by atoms with Gasteiger partial charge in [0.05, 0.1) is 18.5 Å². The van der Waals surface area contributed by atoms with Crippen molar-refractivity contribution in [2.45, 2.75) is 53.6 Å². The smallest absolute Gasteiger partial charge is 0.216 e. The summed E-state index contributed by atoms with van der Waals surface area (Å²) in [6, 6.07) is 0. The highest BCUT2D eigenvalue weighted by Crippen LogP contribution is 2.10. The summed E-state index contributed by atoms with van der Waals surface area (Å²) in [7, 11) is -3.25. The molecule has 7 nitrogen and oxygen atoms in total. The van der Waals surface area contributed by atoms with E-state index in [2.05, 4.69) is 31.0 Å². The van der Waals surface area contributed by atoms with Crippen LogP contribution in [0.5, 0.6) is 0 Å². The number of piperazine rings is 1. The van der Waals surface area contributed by atoms with E-state index in [0.717, 1.165) is 25.5 Å². The number of nitrogens with zero attached hydrogens (tertiary/aromatic N) is 3. The van der Waals surface area contributed by atoms with Gasteiger partial charge in [-0.1, -0.05) is 13.8 Å². The predicted molar refractivity (Wildman–Crippen MR) is 108 cm³/mol. The van der Waals surface area contributed by atoms with Crippen LogP contribution >= 0.6 is 0 Å². The van der Waals surface area contributed by atoms with Gasteiger partial charge < -0.3 is 15.0 Å². The second-order valence-corrected chi connectivity index (χ2v) is 9.48. The van der Waals surface area contributed by atoms with Crippen molar-refractivity contribution >= 4 is 16.0 Å². The summed E-state index contributed by atoms with van der Waals surface area (Å²) in [5, 5.41) is 3.33. The molecule has 0 bridgehead atoms. The van der Waals surface area contributed by atoms with Crippen molar-refractivity contribution in [3.8, 4) is 0 Å². The molecule has 1 rings (SSSR count). The average molecular weight is 391 g/mol. The van der Waals surface area contributed by atoms with Gasteiger partial charge >= 0.3 is 0 Å². The Balaban J connectivity index is 2.51. The lowest BCUT2D eigenvalue weighted by molar-refractivity contribution is 0.0904. The minimum atomic E-state index is -3.25. The zero-order chi connectivity index (χ0) is 19.6. The van der Waals surface area contributed by atoms with E-state index in [4.69, 9.17) is 9.73 Å². The molecule has 1 aliphatic rings. The second kappa shape index (κ2) is 11.8. The third-order valence-electron chi connectivity index (χ3n) is 4.26. The number of hydrogen-bond donors (Lipinski definition) is 1. The van der Waals surface area contributed by atoms with Gasteiger partial charge in [0, 0.05) is 39.3 Å². The molecular formula is C18H38N4O3S. The number of ether oxygens (including phenoxy) is 1. The van der Waals surface area contributed by atoms with Gasteiger partial charge in [-0.15, -0.1) is 0 Å². The molecule has 8 heteroatoms. The summed E-state index contributed by atoms with van der Waals surface area (Å²) in [5.74, 6) is 1.65. The molecule has 0 amide bonds. The molecular weight excluding hydrogens is 352 g/mol. The normalized spacial score (nSPS) is 17.3. The number of hydrogen-bond acceptors (Lipinski definition) is 4. The Hall–Kier alpha value is -0.860. The van der Waals surface area contributed by atoms with Crippen LogP contribution < -0.4 is 5.32 Å². The molecule has 0 radical (unpaired) electrons. The highest BCUT2D eigenvalue weighted by Gasteiger charge is 2.27. The molecule has 1 fully saturated rings. The fraction of sp³-hybridized carbons (Fsp3) is 0.944. The van der Waals surface area contributed by atoms with E-state index in [9.17, 15) is 8.42 Å². The zero-order valence-corrected chi connectivity index (χ0v) is 18.0. The van der Waals surface area contributed by atoms with Crippen molar-refractivity contribution in [3.05, 3.63) is 0 Å². The maximum Gasteiger partial charge on any atom is 0.216 e. The van der Waals surface area contributed by atoms with E-state index < -0.39 is 10.0 Å². The van der Waals surface area contributed by atoms with E-state index in [1.54, 1.807) is 4.31 Å². The lowest BCUT2D eigenvalue weighted by atomic mass is 10.1. The van der Waals surface area contributed by atoms with E-state index in [1.807, 2.05) is 13.8 Å². The molecule has 0 atom stereocenters. The van der Waals surface area contributed by atoms with Crippen molar-refractivity contribution in [2.75, 3.05) is 51.6 Å². The summed E-state index contributed by atoms with van der Waals surface area (Å²) in [5.41, 5.74) is 0. The number of nitrogens with one attached hydrogen (secondary N) is 1. The van der Waals surface area contributed by atoms with Crippen LogP contribution in [0.25, 0.3) is 0 Å². The van der Waals surface area contributed by atoms with Crippen LogP contribution in [-0.2, 0) is 14.8 Å². The summed E-state index contributed by atoms with van der Waals surface area (Å²) in [4.78, 5) is 6.87. The minimum absolute atomic E-state index is 0.0501. The van der Waals surface area contributed by atoms with Crippen LogP contribution in [-0.4, -0.2) is 81.3 Å². The molecule has 0 saturated carbocycles. The van der Waals surface area contributed by atoms with Gasteiger partial charge in [-0.25, -0.2) is 8.42 Å². The standard InChI is InChI=1S/C18H38N4O3S/c1-6-19-18(20-9-7-8-16(2)3)21-10-12-22(13-11-21)26(23,24)15-14-25-17(4)5/h16-17H,6-15H2,1-5H3,(H,19,20). The molecule has 0 aromatic carbocycles. The predicted octanol–water partition coefficient (Wildman–Crippen LogP) is 1.76. The van der Waals surface area contributed by atoms with Gasteiger partial charge in [-0.3, -0.25) is 4.99 Å². The number of sulfonamides is 1. The van der Waals surface area contributed by atoms with Gasteiger partial charge in [0.25, 0.3) is 0 Å². The maximum atomic E-state index is 12.4. The fourth-order valence-electron chi connectivity index (χ4n) is 2.81. The quantitative estimate of drug-likeness (QED) is 0.349. The van der Waals surface area contributed by atoms with Crippen molar-refractivity contribution in [2.24, 2.45) is 10.9 Å². The second-order valence-electron chi connectivity index (χ2n) is 7.39. The molecule has 0 aromatic heterocycles. The Bertz CT molecular complexity index is 513. The molecule has 0 spiro atoms. The van der Waals surface area contributed by atoms with Gasteiger partial charge in [-0.05, 0) is 39.5 Å². The van der Waals surface area contributed by atoms with Crippen LogP contribution in [0.4, 0.5) is 0 Å². The maximum absolute atomic E-state index is 12.4. The Labute approximate surface area is 160 Å². The number of rotatable bonds is 10. The molecule has 0 aromatic rings. The molecule has 154 valence electrons. The van der Waals surface area contributed by atoms with E-state index >= 15 is 0 Å². The van der Waals surface area contributed by atoms with Gasteiger partial charge in [0.2, 0.25) is 10.0 Å². The lowest BCUT2D eigenvalue weighted by Crippen LogP contribution is -2.54. The minimum Gasteiger partial charge on any atom is -0.378 e. The van der Waals surface area contributed by atoms with Gasteiger partial charge in [0.1, 0.15) is 0 Å². The fourth-order valence-corrected chi connectivity index (χ4v) is 4.09. The van der Waals surface area contributed by atoms with Gasteiger partial charge in [-0.2, -0.15) is 4.31 Å². The molecule has 1 heterocycles. The first-order valence-electron chi connectivity index (χ1n) is 9.89. The molecule has 0 unspecified atom stereocenters. The zero-order valence-electron chi connectivity index (χ0n) is 17.2. The highest BCUT2D eigenvalue weighted by molar-refractivity contribution is 7.89. The van der Waals surface area contributed by atoms with Crippen LogP contribution in [0.3, 0.4) is 0 Å². The van der Waals surface area contributed by atoms with E-state index in [-0.39, 0.29) is 18.5 Å². The largest absolute Gasteiger partial charge is 0.378 e. The van der Waals surface area contributed by atoms with Crippen molar-refractivity contribution in [3.63, 3.8) is 0 Å². The molecule has 26 heavy (non-hydrogen) atoms. The average Bonchev–Trinajstić information content (AvgIpc) is 2.57. The van der Waals surface area contributed by atoms with Gasteiger partial charge in [0.15, 0.2) is 5.96 Å². The molecule has 1 aliphatic heterocycles. The first-order valence-corrected chi connectivity index (χ1v) is 11.5. The summed E-state index contributed by atoms with van der Waals surface area (Å²) in [6.45, 7) is 14.5. The van der Waals surface area contributed by atoms with Crippen LogP contribution in [0.2, 0.25) is 0 Å². The first kappa shape index (κ1) is 23.2. The van der Waals surface area contributed by atoms with Crippen molar-refractivity contribution in [1.82, 2.24) is 14.5 Å². The van der Waals surface area contributed by atoms with Crippen molar-refractivity contribution < 1.29 is 13.2 Å². The monoisotopic (exact) mass is 390 g/mol.